The summed E-state index contributed by atoms with van der Waals surface area (Å²) in [6.07, 6.45) is 3.36. The highest BCUT2D eigenvalue weighted by Crippen LogP contribution is 2.27. The Morgan fingerprint density at radius 2 is 2.00 bits per heavy atom. The van der Waals surface area contributed by atoms with E-state index < -0.39 is 5.82 Å². The quantitative estimate of drug-likeness (QED) is 0.900. The molecule has 0 saturated heterocycles. The molecule has 1 aliphatic rings. The standard InChI is InChI=1S/C15H16FN3O/c1-5-6-13-15(18-17-10(3)19(13)4)11-8-12(16)9(2)7-14(11)20/h5-8,20H,1H2,2-4H3/b13-6-. The summed E-state index contributed by atoms with van der Waals surface area (Å²) in [4.78, 5) is 1.81. The minimum absolute atomic E-state index is 0.0271. The van der Waals surface area contributed by atoms with Gasteiger partial charge in [0, 0.05) is 12.6 Å². The van der Waals surface area contributed by atoms with Crippen LogP contribution in [0.3, 0.4) is 0 Å². The molecule has 104 valence electrons. The molecular formula is C15H16FN3O. The molecule has 0 aliphatic carbocycles. The lowest BCUT2D eigenvalue weighted by molar-refractivity contribution is 0.470. The molecule has 1 N–H and O–H groups in total. The Bertz CT molecular complexity index is 659. The van der Waals surface area contributed by atoms with Crippen molar-refractivity contribution in [2.75, 3.05) is 7.05 Å². The van der Waals surface area contributed by atoms with Gasteiger partial charge >= 0.3 is 0 Å². The molecule has 1 aromatic carbocycles. The molecule has 0 saturated carbocycles. The molecule has 0 amide bonds. The molecule has 0 fully saturated rings. The predicted molar refractivity (Wildman–Crippen MR) is 78.5 cm³/mol. The highest BCUT2D eigenvalue weighted by Gasteiger charge is 2.23. The van der Waals surface area contributed by atoms with E-state index in [4.69, 9.17) is 0 Å². The van der Waals surface area contributed by atoms with Crippen LogP contribution in [-0.2, 0) is 0 Å². The SMILES string of the molecule is C=C/C=C1/C(c2cc(F)c(C)cc2O)=NN=C(C)N1C. The zero-order valence-electron chi connectivity index (χ0n) is 11.7. The van der Waals surface area contributed by atoms with E-state index >= 15 is 0 Å². The second-order valence-corrected chi connectivity index (χ2v) is 4.56. The van der Waals surface area contributed by atoms with Gasteiger partial charge in [0.15, 0.2) is 0 Å². The number of aromatic hydroxyl groups is 1. The fourth-order valence-electron chi connectivity index (χ4n) is 1.92. The lowest BCUT2D eigenvalue weighted by atomic mass is 10.0. The molecule has 0 radical (unpaired) electrons. The number of halogens is 1. The summed E-state index contributed by atoms with van der Waals surface area (Å²) in [6.45, 7) is 7.07. The second kappa shape index (κ2) is 5.28. The van der Waals surface area contributed by atoms with Crippen molar-refractivity contribution in [1.29, 1.82) is 0 Å². The van der Waals surface area contributed by atoms with Gasteiger partial charge in [-0.1, -0.05) is 12.7 Å². The van der Waals surface area contributed by atoms with Crippen molar-refractivity contribution in [2.45, 2.75) is 13.8 Å². The van der Waals surface area contributed by atoms with E-state index in [0.717, 1.165) is 0 Å². The molecule has 1 aromatic rings. The number of aryl methyl sites for hydroxylation is 1. The zero-order chi connectivity index (χ0) is 14.9. The summed E-state index contributed by atoms with van der Waals surface area (Å²) in [5.74, 6) is 0.280. The van der Waals surface area contributed by atoms with Gasteiger partial charge in [0.2, 0.25) is 0 Å². The van der Waals surface area contributed by atoms with Crippen molar-refractivity contribution >= 4 is 11.5 Å². The van der Waals surface area contributed by atoms with Crippen LogP contribution in [0.5, 0.6) is 5.75 Å². The smallest absolute Gasteiger partial charge is 0.128 e. The molecule has 5 heteroatoms. The van der Waals surface area contributed by atoms with Gasteiger partial charge in [0.1, 0.15) is 23.1 Å². The van der Waals surface area contributed by atoms with Crippen molar-refractivity contribution in [1.82, 2.24) is 4.90 Å². The number of nitrogens with zero attached hydrogens (tertiary/aromatic N) is 3. The molecule has 0 atom stereocenters. The Hall–Kier alpha value is -2.43. The van der Waals surface area contributed by atoms with Crippen LogP contribution in [0.1, 0.15) is 18.1 Å². The molecule has 0 bridgehead atoms. The maximum atomic E-state index is 13.7. The largest absolute Gasteiger partial charge is 0.507 e. The molecule has 0 aromatic heterocycles. The summed E-state index contributed by atoms with van der Waals surface area (Å²) in [5.41, 5.74) is 1.80. The van der Waals surface area contributed by atoms with Crippen molar-refractivity contribution in [3.8, 4) is 5.75 Å². The summed E-state index contributed by atoms with van der Waals surface area (Å²) >= 11 is 0. The maximum Gasteiger partial charge on any atom is 0.128 e. The first-order valence-electron chi connectivity index (χ1n) is 6.14. The number of amidine groups is 1. The number of allylic oxidation sites excluding steroid dienone is 3. The molecule has 4 nitrogen and oxygen atoms in total. The third kappa shape index (κ3) is 2.34. The van der Waals surface area contributed by atoms with Crippen molar-refractivity contribution in [2.24, 2.45) is 10.2 Å². The molecule has 1 heterocycles. The summed E-state index contributed by atoms with van der Waals surface area (Å²) in [6, 6.07) is 2.65. The van der Waals surface area contributed by atoms with Gasteiger partial charge in [-0.05, 0) is 37.6 Å². The van der Waals surface area contributed by atoms with Crippen molar-refractivity contribution < 1.29 is 9.50 Å². The average Bonchev–Trinajstić information content (AvgIpc) is 2.40. The Balaban J connectivity index is 2.64. The number of benzene rings is 1. The molecule has 2 rings (SSSR count). The normalized spacial score (nSPS) is 17.0. The van der Waals surface area contributed by atoms with E-state index in [1.165, 1.54) is 12.1 Å². The van der Waals surface area contributed by atoms with Gasteiger partial charge in [-0.3, -0.25) is 0 Å². The van der Waals surface area contributed by atoms with E-state index in [2.05, 4.69) is 16.8 Å². The minimum atomic E-state index is -0.396. The second-order valence-electron chi connectivity index (χ2n) is 4.56. The molecule has 0 unspecified atom stereocenters. The van der Waals surface area contributed by atoms with Gasteiger partial charge in [-0.2, -0.15) is 0 Å². The van der Waals surface area contributed by atoms with Crippen LogP contribution >= 0.6 is 0 Å². The lowest BCUT2D eigenvalue weighted by Crippen LogP contribution is -2.31. The number of phenolic OH excluding ortho intramolecular Hbond substituents is 1. The van der Waals surface area contributed by atoms with E-state index in [0.29, 0.717) is 28.4 Å². The van der Waals surface area contributed by atoms with Crippen LogP contribution in [0, 0.1) is 12.7 Å². The Labute approximate surface area is 117 Å². The van der Waals surface area contributed by atoms with Gasteiger partial charge in [-0.15, -0.1) is 10.2 Å². The number of likely N-dealkylation sites (N-methyl/N-ethyl adjacent to an activating group) is 1. The summed E-state index contributed by atoms with van der Waals surface area (Å²) in [5, 5.41) is 18.1. The highest BCUT2D eigenvalue weighted by atomic mass is 19.1. The van der Waals surface area contributed by atoms with Gasteiger partial charge in [0.05, 0.1) is 5.70 Å². The summed E-state index contributed by atoms with van der Waals surface area (Å²) in [7, 11) is 1.82. The maximum absolute atomic E-state index is 13.7. The number of hydrogen-bond donors (Lipinski definition) is 1. The third-order valence-electron chi connectivity index (χ3n) is 3.19. The lowest BCUT2D eigenvalue weighted by Gasteiger charge is -2.26. The van der Waals surface area contributed by atoms with E-state index in [9.17, 15) is 9.50 Å². The van der Waals surface area contributed by atoms with Gasteiger partial charge < -0.3 is 10.0 Å². The van der Waals surface area contributed by atoms with Crippen LogP contribution in [-0.4, -0.2) is 28.6 Å². The minimum Gasteiger partial charge on any atom is -0.507 e. The van der Waals surface area contributed by atoms with Crippen LogP contribution in [0.25, 0.3) is 0 Å². The molecule has 0 spiro atoms. The van der Waals surface area contributed by atoms with E-state index in [1.54, 1.807) is 24.0 Å². The predicted octanol–water partition coefficient (Wildman–Crippen LogP) is 2.98. The molecule has 20 heavy (non-hydrogen) atoms. The Morgan fingerprint density at radius 3 is 2.65 bits per heavy atom. The van der Waals surface area contributed by atoms with Gasteiger partial charge in [-0.25, -0.2) is 4.39 Å². The van der Waals surface area contributed by atoms with Crippen LogP contribution in [0.4, 0.5) is 4.39 Å². The first kappa shape index (κ1) is 14.0. The van der Waals surface area contributed by atoms with E-state index in [-0.39, 0.29) is 5.75 Å². The molecule has 1 aliphatic heterocycles. The van der Waals surface area contributed by atoms with Gasteiger partial charge in [0.25, 0.3) is 0 Å². The molecular weight excluding hydrogens is 257 g/mol. The third-order valence-corrected chi connectivity index (χ3v) is 3.19. The van der Waals surface area contributed by atoms with Crippen molar-refractivity contribution in [3.63, 3.8) is 0 Å². The first-order valence-corrected chi connectivity index (χ1v) is 6.14. The zero-order valence-corrected chi connectivity index (χ0v) is 11.7. The number of hydrogen-bond acceptors (Lipinski definition) is 4. The Morgan fingerprint density at radius 1 is 1.30 bits per heavy atom. The fourth-order valence-corrected chi connectivity index (χ4v) is 1.92. The Kier molecular flexibility index (Phi) is 3.70. The number of rotatable bonds is 2. The topological polar surface area (TPSA) is 48.2 Å². The van der Waals surface area contributed by atoms with Crippen LogP contribution in [0.2, 0.25) is 0 Å². The van der Waals surface area contributed by atoms with Crippen molar-refractivity contribution in [3.05, 3.63) is 53.5 Å². The fraction of sp³-hybridized carbons (Fsp3) is 0.200. The van der Waals surface area contributed by atoms with E-state index in [1.807, 2.05) is 14.0 Å². The highest BCUT2D eigenvalue weighted by molar-refractivity contribution is 6.16. The summed E-state index contributed by atoms with van der Waals surface area (Å²) < 4.78 is 13.7. The average molecular weight is 273 g/mol. The van der Waals surface area contributed by atoms with Crippen LogP contribution < -0.4 is 0 Å². The monoisotopic (exact) mass is 273 g/mol. The van der Waals surface area contributed by atoms with Crippen LogP contribution in [0.15, 0.2) is 46.8 Å². The first-order chi connectivity index (χ1) is 9.45. The number of phenols is 1.